The summed E-state index contributed by atoms with van der Waals surface area (Å²) in [6, 6.07) is 0. The highest BCUT2D eigenvalue weighted by Gasteiger charge is 2.32. The fraction of sp³-hybridized carbons (Fsp3) is 0.920. The number of rotatable bonds is 17. The molecular weight excluding hydrogens is 378 g/mol. The topological polar surface area (TPSA) is 101 Å². The van der Waals surface area contributed by atoms with Gasteiger partial charge >= 0.3 is 11.9 Å². The van der Waals surface area contributed by atoms with Crippen LogP contribution in [-0.2, 0) is 9.59 Å². The Hall–Kier alpha value is -1.10. The fourth-order valence-corrected chi connectivity index (χ4v) is 4.37. The predicted molar refractivity (Wildman–Crippen MR) is 125 cm³/mol. The molecule has 0 unspecified atom stereocenters. The molecule has 4 N–H and O–H groups in total. The largest absolute Gasteiger partial charge is 0.481 e. The Morgan fingerprint density at radius 1 is 0.700 bits per heavy atom. The zero-order valence-electron chi connectivity index (χ0n) is 19.6. The van der Waals surface area contributed by atoms with Crippen LogP contribution in [0.15, 0.2) is 0 Å². The van der Waals surface area contributed by atoms with Gasteiger partial charge < -0.3 is 15.9 Å². The van der Waals surface area contributed by atoms with Crippen molar-refractivity contribution in [2.45, 2.75) is 135 Å². The van der Waals surface area contributed by atoms with Gasteiger partial charge in [0.1, 0.15) is 0 Å². The van der Waals surface area contributed by atoms with Gasteiger partial charge in [-0.05, 0) is 31.2 Å². The van der Waals surface area contributed by atoms with Crippen molar-refractivity contribution in [1.29, 1.82) is 0 Å². The molecule has 1 saturated carbocycles. The van der Waals surface area contributed by atoms with Crippen LogP contribution >= 0.6 is 0 Å². The summed E-state index contributed by atoms with van der Waals surface area (Å²) in [5, 5.41) is 17.2. The average molecular weight is 428 g/mol. The lowest BCUT2D eigenvalue weighted by Crippen LogP contribution is -2.34. The highest BCUT2D eigenvalue weighted by Crippen LogP contribution is 2.38. The molecule has 0 saturated heterocycles. The molecule has 5 heteroatoms. The molecule has 0 bridgehead atoms. The highest BCUT2D eigenvalue weighted by molar-refractivity contribution is 5.67. The molecule has 1 rings (SSSR count). The van der Waals surface area contributed by atoms with Crippen LogP contribution in [0.5, 0.6) is 0 Å². The molecule has 1 aliphatic rings. The SMILES string of the molecule is CCCCCCCCCCCCCCCC(=O)O.NCC1(CC(=O)O)CCCCC1. The van der Waals surface area contributed by atoms with Crippen LogP contribution in [0.2, 0.25) is 0 Å². The lowest BCUT2D eigenvalue weighted by Gasteiger charge is -2.34. The molecule has 0 amide bonds. The van der Waals surface area contributed by atoms with Crippen molar-refractivity contribution in [3.05, 3.63) is 0 Å². The Balaban J connectivity index is 0.000000604. The monoisotopic (exact) mass is 427 g/mol. The van der Waals surface area contributed by atoms with Crippen molar-refractivity contribution in [2.75, 3.05) is 6.54 Å². The average Bonchev–Trinajstić information content (AvgIpc) is 2.72. The van der Waals surface area contributed by atoms with Crippen molar-refractivity contribution >= 4 is 11.9 Å². The van der Waals surface area contributed by atoms with Crippen LogP contribution in [0.4, 0.5) is 0 Å². The van der Waals surface area contributed by atoms with Crippen LogP contribution < -0.4 is 5.73 Å². The summed E-state index contributed by atoms with van der Waals surface area (Å²) in [4.78, 5) is 20.9. The van der Waals surface area contributed by atoms with E-state index in [4.69, 9.17) is 15.9 Å². The van der Waals surface area contributed by atoms with E-state index < -0.39 is 11.9 Å². The summed E-state index contributed by atoms with van der Waals surface area (Å²) >= 11 is 0. The lowest BCUT2D eigenvalue weighted by atomic mass is 9.72. The minimum atomic E-state index is -0.706. The van der Waals surface area contributed by atoms with Crippen molar-refractivity contribution in [2.24, 2.45) is 11.1 Å². The maximum atomic E-state index is 10.6. The van der Waals surface area contributed by atoms with E-state index >= 15 is 0 Å². The lowest BCUT2D eigenvalue weighted by molar-refractivity contribution is -0.140. The molecule has 0 aromatic heterocycles. The first-order valence-corrected chi connectivity index (χ1v) is 12.6. The first-order chi connectivity index (χ1) is 14.5. The third-order valence-corrected chi connectivity index (χ3v) is 6.37. The number of aliphatic carboxylic acids is 2. The third-order valence-electron chi connectivity index (χ3n) is 6.37. The van der Waals surface area contributed by atoms with Crippen molar-refractivity contribution in [3.63, 3.8) is 0 Å². The van der Waals surface area contributed by atoms with Gasteiger partial charge in [0.2, 0.25) is 0 Å². The normalized spacial score (nSPS) is 15.3. The number of hydrogen-bond acceptors (Lipinski definition) is 3. The van der Waals surface area contributed by atoms with Crippen LogP contribution in [0.25, 0.3) is 0 Å². The van der Waals surface area contributed by atoms with E-state index in [1.165, 1.54) is 77.0 Å². The van der Waals surface area contributed by atoms with E-state index in [1.54, 1.807) is 0 Å². The minimum Gasteiger partial charge on any atom is -0.481 e. The molecular formula is C25H49NO4. The predicted octanol–water partition coefficient (Wildman–Crippen LogP) is 6.92. The van der Waals surface area contributed by atoms with E-state index in [9.17, 15) is 9.59 Å². The molecule has 1 aliphatic carbocycles. The van der Waals surface area contributed by atoms with Gasteiger partial charge in [0.15, 0.2) is 0 Å². The van der Waals surface area contributed by atoms with Gasteiger partial charge in [0.05, 0.1) is 6.42 Å². The number of nitrogens with two attached hydrogens (primary N) is 1. The summed E-state index contributed by atoms with van der Waals surface area (Å²) in [6.45, 7) is 2.79. The quantitative estimate of drug-likeness (QED) is 0.219. The summed E-state index contributed by atoms with van der Waals surface area (Å²) in [5.41, 5.74) is 5.54. The summed E-state index contributed by atoms with van der Waals surface area (Å²) in [5.74, 6) is -1.36. The maximum Gasteiger partial charge on any atom is 0.303 e. The molecule has 0 heterocycles. The van der Waals surface area contributed by atoms with Crippen molar-refractivity contribution < 1.29 is 19.8 Å². The van der Waals surface area contributed by atoms with Gasteiger partial charge in [-0.25, -0.2) is 0 Å². The molecule has 0 aromatic carbocycles. The van der Waals surface area contributed by atoms with Gasteiger partial charge in [0, 0.05) is 6.42 Å². The number of carbonyl (C=O) groups is 2. The molecule has 1 fully saturated rings. The van der Waals surface area contributed by atoms with E-state index in [2.05, 4.69) is 6.92 Å². The number of unbranched alkanes of at least 4 members (excludes halogenated alkanes) is 12. The van der Waals surface area contributed by atoms with Gasteiger partial charge in [-0.2, -0.15) is 0 Å². The van der Waals surface area contributed by atoms with Crippen molar-refractivity contribution in [1.82, 2.24) is 0 Å². The smallest absolute Gasteiger partial charge is 0.303 e. The van der Waals surface area contributed by atoms with Crippen LogP contribution in [-0.4, -0.2) is 28.7 Å². The van der Waals surface area contributed by atoms with E-state index in [-0.39, 0.29) is 11.8 Å². The zero-order chi connectivity index (χ0) is 22.5. The molecule has 178 valence electrons. The molecule has 0 aliphatic heterocycles. The number of carboxylic acid groups (broad SMARTS) is 2. The summed E-state index contributed by atoms with van der Waals surface area (Å²) in [7, 11) is 0. The first-order valence-electron chi connectivity index (χ1n) is 12.6. The third kappa shape index (κ3) is 17.7. The van der Waals surface area contributed by atoms with Crippen molar-refractivity contribution in [3.8, 4) is 0 Å². The van der Waals surface area contributed by atoms with Gasteiger partial charge in [0.25, 0.3) is 0 Å². The van der Waals surface area contributed by atoms with Crippen LogP contribution in [0.1, 0.15) is 135 Å². The van der Waals surface area contributed by atoms with E-state index in [1.807, 2.05) is 0 Å². The minimum absolute atomic E-state index is 0.0793. The first kappa shape index (κ1) is 28.9. The Kier molecular flexibility index (Phi) is 19.1. The molecule has 0 radical (unpaired) electrons. The fourth-order valence-electron chi connectivity index (χ4n) is 4.37. The highest BCUT2D eigenvalue weighted by atomic mass is 16.4. The van der Waals surface area contributed by atoms with Gasteiger partial charge in [-0.1, -0.05) is 103 Å². The van der Waals surface area contributed by atoms with Gasteiger partial charge in [-0.3, -0.25) is 9.59 Å². The molecule has 30 heavy (non-hydrogen) atoms. The molecule has 0 aromatic rings. The molecule has 0 atom stereocenters. The Bertz CT molecular complexity index is 419. The second-order valence-corrected chi connectivity index (χ2v) is 9.22. The van der Waals surface area contributed by atoms with Crippen LogP contribution in [0, 0.1) is 5.41 Å². The second kappa shape index (κ2) is 19.8. The summed E-state index contributed by atoms with van der Waals surface area (Å²) in [6.07, 6.45) is 23.0. The van der Waals surface area contributed by atoms with Gasteiger partial charge in [-0.15, -0.1) is 0 Å². The molecule has 5 nitrogen and oxygen atoms in total. The Morgan fingerprint density at radius 2 is 1.13 bits per heavy atom. The maximum absolute atomic E-state index is 10.6. The number of hydrogen-bond donors (Lipinski definition) is 3. The molecule has 0 spiro atoms. The van der Waals surface area contributed by atoms with E-state index in [0.717, 1.165) is 38.5 Å². The summed E-state index contributed by atoms with van der Waals surface area (Å²) < 4.78 is 0. The van der Waals surface area contributed by atoms with E-state index in [0.29, 0.717) is 13.0 Å². The Labute approximate surface area is 185 Å². The Morgan fingerprint density at radius 3 is 1.50 bits per heavy atom. The van der Waals surface area contributed by atoms with Crippen LogP contribution in [0.3, 0.4) is 0 Å². The number of carboxylic acids is 2. The standard InChI is InChI=1S/C16H32O2.C9H17NO2/c1-2-3-4-5-6-7-8-9-10-11-12-13-14-15-16(17)18;10-7-9(6-8(11)12)4-2-1-3-5-9/h2-15H2,1H3,(H,17,18);1-7,10H2,(H,11,12). The zero-order valence-corrected chi connectivity index (χ0v) is 19.6. The second-order valence-electron chi connectivity index (χ2n) is 9.22.